The lowest BCUT2D eigenvalue weighted by Crippen LogP contribution is -2.22. The molecule has 0 bridgehead atoms. The molecule has 1 aliphatic carbocycles. The number of aryl methyl sites for hydroxylation is 1. The van der Waals surface area contributed by atoms with E-state index in [-0.39, 0.29) is 18.5 Å². The van der Waals surface area contributed by atoms with Crippen LogP contribution in [0.3, 0.4) is 0 Å². The maximum absolute atomic E-state index is 11.6. The lowest BCUT2D eigenvalue weighted by atomic mass is 9.89. The summed E-state index contributed by atoms with van der Waals surface area (Å²) in [4.78, 5) is 11.6. The van der Waals surface area contributed by atoms with Crippen molar-refractivity contribution in [3.63, 3.8) is 0 Å². The second kappa shape index (κ2) is 9.89. The second-order valence-electron chi connectivity index (χ2n) is 7.57. The molecule has 1 unspecified atom stereocenters. The number of rotatable bonds is 7. The van der Waals surface area contributed by atoms with Crippen LogP contribution < -0.4 is 5.32 Å². The van der Waals surface area contributed by atoms with Gasteiger partial charge >= 0.3 is 0 Å². The molecule has 0 amide bonds. The Kier molecular flexibility index (Phi) is 7.29. The summed E-state index contributed by atoms with van der Waals surface area (Å²) in [6, 6.07) is 8.59. The second-order valence-corrected chi connectivity index (χ2v) is 7.57. The summed E-state index contributed by atoms with van der Waals surface area (Å²) in [7, 11) is 1.96. The number of nitrogens with zero attached hydrogens (tertiary/aromatic N) is 2. The van der Waals surface area contributed by atoms with Gasteiger partial charge in [-0.3, -0.25) is 4.79 Å². The molecule has 1 atom stereocenters. The molecule has 0 radical (unpaired) electrons. The normalized spacial score (nSPS) is 16.9. The van der Waals surface area contributed by atoms with Crippen molar-refractivity contribution >= 4 is 5.78 Å². The number of carbonyl (C=O) groups is 1. The average Bonchev–Trinajstić information content (AvgIpc) is 2.69. The van der Waals surface area contributed by atoms with Crippen molar-refractivity contribution < 1.29 is 9.53 Å². The fraction of sp³-hybridized carbons (Fsp3) is 0.522. The first-order valence-corrected chi connectivity index (χ1v) is 10.3. The number of ketones is 1. The van der Waals surface area contributed by atoms with Gasteiger partial charge in [-0.1, -0.05) is 31.2 Å². The molecule has 1 aromatic heterocycles. The Labute approximate surface area is 167 Å². The summed E-state index contributed by atoms with van der Waals surface area (Å²) < 4.78 is 5.89. The van der Waals surface area contributed by atoms with Crippen LogP contribution in [0, 0.1) is 6.92 Å². The number of hydrogen-bond acceptors (Lipinski definition) is 5. The lowest BCUT2D eigenvalue weighted by molar-refractivity contribution is -0.125. The van der Waals surface area contributed by atoms with E-state index in [1.54, 1.807) is 0 Å². The monoisotopic (exact) mass is 381 g/mol. The van der Waals surface area contributed by atoms with E-state index in [0.717, 1.165) is 55.6 Å². The van der Waals surface area contributed by atoms with Gasteiger partial charge in [-0.05, 0) is 62.8 Å². The molecule has 28 heavy (non-hydrogen) atoms. The van der Waals surface area contributed by atoms with E-state index in [0.29, 0.717) is 6.42 Å². The van der Waals surface area contributed by atoms with Crippen molar-refractivity contribution in [3.8, 4) is 11.3 Å². The van der Waals surface area contributed by atoms with Gasteiger partial charge in [0.15, 0.2) is 5.78 Å². The Morgan fingerprint density at radius 2 is 1.93 bits per heavy atom. The fourth-order valence-electron chi connectivity index (χ4n) is 3.86. The first kappa shape index (κ1) is 20.6. The van der Waals surface area contributed by atoms with Crippen molar-refractivity contribution in [2.75, 3.05) is 13.7 Å². The maximum atomic E-state index is 11.6. The smallest absolute Gasteiger partial charge is 0.158 e. The topological polar surface area (TPSA) is 64.1 Å². The van der Waals surface area contributed by atoms with Gasteiger partial charge in [0.25, 0.3) is 0 Å². The number of Topliss-reactive ketones (excluding diaryl/α,β-unsaturated/α-hetero) is 1. The molecule has 1 aromatic carbocycles. The Hall–Kier alpha value is -2.11. The van der Waals surface area contributed by atoms with E-state index in [9.17, 15) is 4.79 Å². The number of aromatic nitrogens is 2. The van der Waals surface area contributed by atoms with E-state index in [1.165, 1.54) is 16.7 Å². The predicted molar refractivity (Wildman–Crippen MR) is 111 cm³/mol. The summed E-state index contributed by atoms with van der Waals surface area (Å²) in [5.74, 6) is 0.175. The van der Waals surface area contributed by atoms with Crippen molar-refractivity contribution in [1.29, 1.82) is 0 Å². The van der Waals surface area contributed by atoms with Crippen LogP contribution in [0.5, 0.6) is 0 Å². The zero-order valence-corrected chi connectivity index (χ0v) is 17.3. The summed E-state index contributed by atoms with van der Waals surface area (Å²) in [6.45, 7) is 5.03. The van der Waals surface area contributed by atoms with Crippen LogP contribution in [0.15, 0.2) is 24.3 Å². The molecule has 5 heteroatoms. The Morgan fingerprint density at radius 3 is 2.64 bits per heavy atom. The van der Waals surface area contributed by atoms with Gasteiger partial charge < -0.3 is 10.1 Å². The first-order valence-electron chi connectivity index (χ1n) is 10.3. The Bertz CT molecular complexity index is 802. The lowest BCUT2D eigenvalue weighted by Gasteiger charge is -2.23. The van der Waals surface area contributed by atoms with E-state index in [2.05, 4.69) is 39.8 Å². The number of benzene rings is 1. The Balaban J connectivity index is 1.80. The van der Waals surface area contributed by atoms with E-state index < -0.39 is 0 Å². The van der Waals surface area contributed by atoms with Crippen LogP contribution in [-0.2, 0) is 28.9 Å². The van der Waals surface area contributed by atoms with Crippen molar-refractivity contribution in [2.24, 2.45) is 0 Å². The zero-order chi connectivity index (χ0) is 19.9. The number of fused-ring (bicyclic) bond motifs is 1. The molecule has 1 heterocycles. The highest BCUT2D eigenvalue weighted by atomic mass is 16.5. The molecule has 0 spiro atoms. The highest BCUT2D eigenvalue weighted by molar-refractivity contribution is 5.79. The van der Waals surface area contributed by atoms with Gasteiger partial charge in [0, 0.05) is 18.5 Å². The van der Waals surface area contributed by atoms with Crippen LogP contribution in [0.25, 0.3) is 11.3 Å². The molecule has 0 saturated carbocycles. The third-order valence-corrected chi connectivity index (χ3v) is 5.54. The quantitative estimate of drug-likeness (QED) is 0.790. The highest BCUT2D eigenvalue weighted by Gasteiger charge is 2.21. The van der Waals surface area contributed by atoms with E-state index >= 15 is 0 Å². The standard InChI is InChI=1S/C23H31N3O2/c1-4-19(27)15-28-20-6-5-7-22-21(13-12-20)16(2)25-26-23(22)18-10-8-17(9-11-18)14-24-3/h8-11,20,24H,4-7,12-15H2,1-3H3. The van der Waals surface area contributed by atoms with Gasteiger partial charge in [-0.25, -0.2) is 0 Å². The molecular formula is C23H31N3O2. The molecule has 1 N–H and O–H groups in total. The van der Waals surface area contributed by atoms with Crippen LogP contribution in [0.4, 0.5) is 0 Å². The predicted octanol–water partition coefficient (Wildman–Crippen LogP) is 3.80. The summed E-state index contributed by atoms with van der Waals surface area (Å²) in [5.41, 5.74) is 7.05. The fourth-order valence-corrected chi connectivity index (χ4v) is 3.86. The molecular weight excluding hydrogens is 350 g/mol. The largest absolute Gasteiger partial charge is 0.370 e. The number of hydrogen-bond donors (Lipinski definition) is 1. The van der Waals surface area contributed by atoms with Crippen LogP contribution in [0.2, 0.25) is 0 Å². The van der Waals surface area contributed by atoms with Crippen molar-refractivity contribution in [1.82, 2.24) is 15.5 Å². The minimum Gasteiger partial charge on any atom is -0.370 e. The van der Waals surface area contributed by atoms with Gasteiger partial charge in [-0.15, -0.1) is 5.10 Å². The van der Waals surface area contributed by atoms with Crippen molar-refractivity contribution in [3.05, 3.63) is 46.6 Å². The van der Waals surface area contributed by atoms with Crippen LogP contribution in [-0.4, -0.2) is 35.7 Å². The summed E-state index contributed by atoms with van der Waals surface area (Å²) >= 11 is 0. The first-order chi connectivity index (χ1) is 13.6. The SMILES string of the molecule is CCC(=O)COC1CCCc2c(-c3ccc(CNC)cc3)nnc(C)c2CC1. The summed E-state index contributed by atoms with van der Waals surface area (Å²) in [5, 5.41) is 12.2. The molecule has 0 fully saturated rings. The molecule has 1 aliphatic rings. The molecule has 0 aliphatic heterocycles. The molecule has 2 aromatic rings. The van der Waals surface area contributed by atoms with Crippen molar-refractivity contribution in [2.45, 2.75) is 65.0 Å². The number of nitrogens with one attached hydrogen (secondary N) is 1. The van der Waals surface area contributed by atoms with Crippen LogP contribution in [0.1, 0.15) is 55.0 Å². The van der Waals surface area contributed by atoms with Gasteiger partial charge in [0.1, 0.15) is 6.61 Å². The molecule has 150 valence electrons. The van der Waals surface area contributed by atoms with Gasteiger partial charge in [-0.2, -0.15) is 5.10 Å². The van der Waals surface area contributed by atoms with Gasteiger partial charge in [0.05, 0.1) is 17.5 Å². The highest BCUT2D eigenvalue weighted by Crippen LogP contribution is 2.30. The summed E-state index contributed by atoms with van der Waals surface area (Å²) in [6.07, 6.45) is 5.54. The minimum absolute atomic E-state index is 0.153. The zero-order valence-electron chi connectivity index (χ0n) is 17.3. The molecule has 0 saturated heterocycles. The minimum atomic E-state index is 0.153. The third kappa shape index (κ3) is 5.03. The number of ether oxygens (including phenoxy) is 1. The Morgan fingerprint density at radius 1 is 1.14 bits per heavy atom. The maximum Gasteiger partial charge on any atom is 0.158 e. The number of carbonyl (C=O) groups excluding carboxylic acids is 1. The third-order valence-electron chi connectivity index (χ3n) is 5.54. The van der Waals surface area contributed by atoms with E-state index in [4.69, 9.17) is 4.74 Å². The average molecular weight is 382 g/mol. The van der Waals surface area contributed by atoms with E-state index in [1.807, 2.05) is 20.9 Å². The van der Waals surface area contributed by atoms with Crippen LogP contribution >= 0.6 is 0 Å². The molecule has 3 rings (SSSR count). The van der Waals surface area contributed by atoms with Gasteiger partial charge in [0.2, 0.25) is 0 Å². The molecule has 5 nitrogen and oxygen atoms in total.